The van der Waals surface area contributed by atoms with Crippen LogP contribution in [0.3, 0.4) is 0 Å². The van der Waals surface area contributed by atoms with Gasteiger partial charge in [0.15, 0.2) is 0 Å². The average molecular weight is 375 g/mol. The van der Waals surface area contributed by atoms with Gasteiger partial charge in [0.2, 0.25) is 0 Å². The first-order valence-electron chi connectivity index (χ1n) is 5.52. The fourth-order valence-corrected chi connectivity index (χ4v) is 4.58. The molecule has 0 bridgehead atoms. The highest BCUT2D eigenvalue weighted by Crippen LogP contribution is 2.27. The van der Waals surface area contributed by atoms with Crippen LogP contribution < -0.4 is 10.0 Å². The number of nitrogens with one attached hydrogen (secondary N) is 2. The molecule has 0 atom stereocenters. The van der Waals surface area contributed by atoms with Crippen molar-refractivity contribution in [3.8, 4) is 0 Å². The van der Waals surface area contributed by atoms with Gasteiger partial charge in [0.1, 0.15) is 4.21 Å². The molecule has 20 heavy (non-hydrogen) atoms. The fourth-order valence-electron chi connectivity index (χ4n) is 1.52. The zero-order chi connectivity index (χ0) is 14.8. The van der Waals surface area contributed by atoms with E-state index in [4.69, 9.17) is 0 Å². The number of thiophene rings is 1. The molecule has 0 aliphatic heterocycles. The standard InChI is InChI=1S/C12H11BrN2O3S2/c1-14-12(16)8-3-2-4-9(7-8)15-20(17,18)11-6-5-10(13)19-11/h2-7,15H,1H3,(H,14,16). The predicted octanol–water partition coefficient (Wildman–Crippen LogP) is 2.67. The van der Waals surface area contributed by atoms with Crippen molar-refractivity contribution in [1.82, 2.24) is 5.32 Å². The highest BCUT2D eigenvalue weighted by molar-refractivity contribution is 9.11. The maximum absolute atomic E-state index is 12.1. The number of sulfonamides is 1. The summed E-state index contributed by atoms with van der Waals surface area (Å²) in [6, 6.07) is 9.48. The van der Waals surface area contributed by atoms with Crippen LogP contribution in [0.2, 0.25) is 0 Å². The van der Waals surface area contributed by atoms with E-state index in [9.17, 15) is 13.2 Å². The molecule has 2 N–H and O–H groups in total. The van der Waals surface area contributed by atoms with Crippen LogP contribution in [0.5, 0.6) is 0 Å². The first kappa shape index (κ1) is 15.0. The molecule has 8 heteroatoms. The third kappa shape index (κ3) is 3.38. The van der Waals surface area contributed by atoms with E-state index < -0.39 is 10.0 Å². The molecule has 1 aromatic heterocycles. The lowest BCUT2D eigenvalue weighted by Crippen LogP contribution is -2.18. The summed E-state index contributed by atoms with van der Waals surface area (Å²) >= 11 is 4.34. The molecule has 0 radical (unpaired) electrons. The second kappa shape index (κ2) is 5.94. The maximum atomic E-state index is 12.1. The summed E-state index contributed by atoms with van der Waals surface area (Å²) in [4.78, 5) is 11.5. The maximum Gasteiger partial charge on any atom is 0.271 e. The van der Waals surface area contributed by atoms with Gasteiger partial charge in [-0.15, -0.1) is 11.3 Å². The van der Waals surface area contributed by atoms with Crippen LogP contribution in [-0.4, -0.2) is 21.4 Å². The van der Waals surface area contributed by atoms with Gasteiger partial charge in [-0.25, -0.2) is 8.42 Å². The van der Waals surface area contributed by atoms with E-state index >= 15 is 0 Å². The van der Waals surface area contributed by atoms with Gasteiger partial charge in [0, 0.05) is 18.3 Å². The Hall–Kier alpha value is -1.38. The van der Waals surface area contributed by atoms with Crippen molar-refractivity contribution in [2.45, 2.75) is 4.21 Å². The quantitative estimate of drug-likeness (QED) is 0.863. The van der Waals surface area contributed by atoms with Gasteiger partial charge in [0.05, 0.1) is 3.79 Å². The van der Waals surface area contributed by atoms with Gasteiger partial charge >= 0.3 is 0 Å². The lowest BCUT2D eigenvalue weighted by atomic mass is 10.2. The smallest absolute Gasteiger partial charge is 0.271 e. The van der Waals surface area contributed by atoms with Crippen LogP contribution >= 0.6 is 27.3 Å². The summed E-state index contributed by atoms with van der Waals surface area (Å²) < 4.78 is 27.7. The minimum absolute atomic E-state index is 0.203. The topological polar surface area (TPSA) is 75.3 Å². The molecule has 0 unspecified atom stereocenters. The van der Waals surface area contributed by atoms with Crippen LogP contribution in [0.1, 0.15) is 10.4 Å². The summed E-state index contributed by atoms with van der Waals surface area (Å²) in [5.41, 5.74) is 0.732. The third-order valence-electron chi connectivity index (χ3n) is 2.42. The van der Waals surface area contributed by atoms with Crippen LogP contribution in [0.15, 0.2) is 44.4 Å². The molecule has 2 aromatic rings. The number of anilines is 1. The molecular weight excluding hydrogens is 364 g/mol. The molecule has 2 rings (SSSR count). The molecule has 106 valence electrons. The third-order valence-corrected chi connectivity index (χ3v) is 5.91. The van der Waals surface area contributed by atoms with E-state index in [1.54, 1.807) is 24.3 Å². The summed E-state index contributed by atoms with van der Waals surface area (Å²) in [5, 5.41) is 2.49. The summed E-state index contributed by atoms with van der Waals surface area (Å²) in [7, 11) is -2.12. The average Bonchev–Trinajstić information content (AvgIpc) is 2.85. The molecule has 1 amide bonds. The molecule has 1 aromatic carbocycles. The van der Waals surface area contributed by atoms with Gasteiger partial charge in [-0.2, -0.15) is 0 Å². The zero-order valence-corrected chi connectivity index (χ0v) is 13.6. The number of benzene rings is 1. The molecule has 0 fully saturated rings. The second-order valence-electron chi connectivity index (χ2n) is 3.82. The van der Waals surface area contributed by atoms with E-state index in [0.29, 0.717) is 11.3 Å². The number of halogens is 1. The van der Waals surface area contributed by atoms with Gasteiger partial charge in [0.25, 0.3) is 15.9 Å². The first-order chi connectivity index (χ1) is 9.42. The van der Waals surface area contributed by atoms with E-state index in [0.717, 1.165) is 15.1 Å². The van der Waals surface area contributed by atoms with Gasteiger partial charge in [-0.05, 0) is 46.3 Å². The lowest BCUT2D eigenvalue weighted by molar-refractivity contribution is 0.0963. The van der Waals surface area contributed by atoms with Gasteiger partial charge < -0.3 is 5.32 Å². The SMILES string of the molecule is CNC(=O)c1cccc(NS(=O)(=O)c2ccc(Br)s2)c1. The Morgan fingerprint density at radius 1 is 1.25 bits per heavy atom. The number of carbonyl (C=O) groups is 1. The number of amides is 1. The molecule has 1 heterocycles. The molecule has 0 aliphatic carbocycles. The lowest BCUT2D eigenvalue weighted by Gasteiger charge is -2.07. The first-order valence-corrected chi connectivity index (χ1v) is 8.62. The summed E-state index contributed by atoms with van der Waals surface area (Å²) in [6.07, 6.45) is 0. The van der Waals surface area contributed by atoms with E-state index in [-0.39, 0.29) is 10.1 Å². The van der Waals surface area contributed by atoms with Gasteiger partial charge in [-0.1, -0.05) is 6.07 Å². The molecule has 0 saturated carbocycles. The normalized spacial score (nSPS) is 11.1. The fraction of sp³-hybridized carbons (Fsp3) is 0.0833. The number of rotatable bonds is 4. The monoisotopic (exact) mass is 374 g/mol. The molecular formula is C12H11BrN2O3S2. The Labute approximate surface area is 129 Å². The minimum Gasteiger partial charge on any atom is -0.355 e. The Morgan fingerprint density at radius 3 is 2.60 bits per heavy atom. The van der Waals surface area contributed by atoms with Crippen LogP contribution in [0, 0.1) is 0 Å². The van der Waals surface area contributed by atoms with E-state index in [1.165, 1.54) is 19.2 Å². The molecule has 0 aliphatic rings. The Balaban J connectivity index is 2.28. The van der Waals surface area contributed by atoms with Crippen LogP contribution in [0.25, 0.3) is 0 Å². The van der Waals surface area contributed by atoms with Crippen molar-refractivity contribution >= 4 is 48.9 Å². The Bertz CT molecular complexity index is 741. The molecule has 0 spiro atoms. The predicted molar refractivity (Wildman–Crippen MR) is 82.7 cm³/mol. The van der Waals surface area contributed by atoms with Crippen molar-refractivity contribution in [3.63, 3.8) is 0 Å². The number of carbonyl (C=O) groups excluding carboxylic acids is 1. The van der Waals surface area contributed by atoms with Gasteiger partial charge in [-0.3, -0.25) is 9.52 Å². The highest BCUT2D eigenvalue weighted by Gasteiger charge is 2.17. The second-order valence-corrected chi connectivity index (χ2v) is 8.20. The van der Waals surface area contributed by atoms with Crippen molar-refractivity contribution in [2.24, 2.45) is 0 Å². The van der Waals surface area contributed by atoms with E-state index in [2.05, 4.69) is 26.0 Å². The summed E-state index contributed by atoms with van der Waals surface area (Å²) in [6.45, 7) is 0. The largest absolute Gasteiger partial charge is 0.355 e. The zero-order valence-electron chi connectivity index (χ0n) is 10.4. The summed E-state index contributed by atoms with van der Waals surface area (Å²) in [5.74, 6) is -0.273. The van der Waals surface area contributed by atoms with E-state index in [1.807, 2.05) is 0 Å². The Kier molecular flexibility index (Phi) is 4.46. The molecule has 5 nitrogen and oxygen atoms in total. The number of hydrogen-bond acceptors (Lipinski definition) is 4. The van der Waals surface area contributed by atoms with Crippen LogP contribution in [0.4, 0.5) is 5.69 Å². The van der Waals surface area contributed by atoms with Crippen molar-refractivity contribution in [1.29, 1.82) is 0 Å². The van der Waals surface area contributed by atoms with Crippen molar-refractivity contribution < 1.29 is 13.2 Å². The molecule has 0 saturated heterocycles. The number of hydrogen-bond donors (Lipinski definition) is 2. The highest BCUT2D eigenvalue weighted by atomic mass is 79.9. The van der Waals surface area contributed by atoms with Crippen molar-refractivity contribution in [2.75, 3.05) is 11.8 Å². The Morgan fingerprint density at radius 2 is 2.00 bits per heavy atom. The van der Waals surface area contributed by atoms with Crippen LogP contribution in [-0.2, 0) is 10.0 Å². The van der Waals surface area contributed by atoms with Crippen molar-refractivity contribution in [3.05, 3.63) is 45.7 Å². The minimum atomic E-state index is -3.63.